The average Bonchev–Trinajstić information content (AvgIpc) is 2.88. The summed E-state index contributed by atoms with van der Waals surface area (Å²) < 4.78 is 57.0. The predicted octanol–water partition coefficient (Wildman–Crippen LogP) is 6.43. The Morgan fingerprint density at radius 3 is 1.98 bits per heavy atom. The molecule has 0 heterocycles. The van der Waals surface area contributed by atoms with E-state index in [9.17, 15) is 21.6 Å². The summed E-state index contributed by atoms with van der Waals surface area (Å²) in [6, 6.07) is 20.2. The van der Waals surface area contributed by atoms with E-state index >= 15 is 0 Å². The second kappa shape index (κ2) is 11.3. The maximum absolute atomic E-state index is 13.1. The number of halogens is 1. The minimum Gasteiger partial charge on any atom is -0.322 e. The van der Waals surface area contributed by atoms with Gasteiger partial charge in [-0.1, -0.05) is 29.8 Å². The van der Waals surface area contributed by atoms with Crippen molar-refractivity contribution in [2.24, 2.45) is 0 Å². The Morgan fingerprint density at radius 1 is 0.650 bits per heavy atom. The van der Waals surface area contributed by atoms with Crippen LogP contribution >= 0.6 is 11.6 Å². The lowest BCUT2D eigenvalue weighted by atomic mass is 10.1. The van der Waals surface area contributed by atoms with Gasteiger partial charge in [0.05, 0.1) is 15.6 Å². The number of amides is 1. The van der Waals surface area contributed by atoms with E-state index in [0.29, 0.717) is 17.1 Å². The first-order valence-corrected chi connectivity index (χ1v) is 15.5. The molecule has 0 unspecified atom stereocenters. The Labute approximate surface area is 239 Å². The zero-order valence-corrected chi connectivity index (χ0v) is 24.6. The second-order valence-corrected chi connectivity index (χ2v) is 13.2. The highest BCUT2D eigenvalue weighted by molar-refractivity contribution is 7.93. The zero-order valence-electron chi connectivity index (χ0n) is 22.2. The molecule has 208 valence electrons. The topological polar surface area (TPSA) is 121 Å². The monoisotopic (exact) mass is 597 g/mol. The fraction of sp³-hybridized carbons (Fsp3) is 0.138. The molecule has 11 heteroatoms. The number of hydrogen-bond acceptors (Lipinski definition) is 5. The van der Waals surface area contributed by atoms with Crippen LogP contribution < -0.4 is 14.8 Å². The molecule has 0 aromatic heterocycles. The Kier molecular flexibility index (Phi) is 8.25. The second-order valence-electron chi connectivity index (χ2n) is 9.45. The molecule has 0 radical (unpaired) electrons. The van der Waals surface area contributed by atoms with Crippen molar-refractivity contribution in [2.75, 3.05) is 14.8 Å². The van der Waals surface area contributed by atoms with E-state index in [-0.39, 0.29) is 20.4 Å². The Balaban J connectivity index is 1.51. The van der Waals surface area contributed by atoms with Crippen LogP contribution in [-0.4, -0.2) is 22.7 Å². The zero-order chi connectivity index (χ0) is 29.2. The normalized spacial score (nSPS) is 11.6. The molecule has 0 spiro atoms. The molecule has 8 nitrogen and oxygen atoms in total. The number of sulfonamides is 2. The van der Waals surface area contributed by atoms with Crippen LogP contribution in [0.4, 0.5) is 17.1 Å². The lowest BCUT2D eigenvalue weighted by molar-refractivity contribution is 0.102. The molecule has 0 saturated heterocycles. The van der Waals surface area contributed by atoms with Crippen molar-refractivity contribution >= 4 is 54.6 Å². The first-order valence-electron chi connectivity index (χ1n) is 12.2. The summed E-state index contributed by atoms with van der Waals surface area (Å²) in [5, 5.41) is 2.61. The van der Waals surface area contributed by atoms with Gasteiger partial charge in [0.1, 0.15) is 4.90 Å². The minimum atomic E-state index is -4.10. The van der Waals surface area contributed by atoms with Crippen LogP contribution in [0.2, 0.25) is 5.02 Å². The standard InChI is InChI=1S/C29H28ClN3O5S2/c1-18-5-6-20(3)27(15-18)33-40(37,38)28-17-22(8-14-26(28)30)29(34)31-23-10-12-25(13-11-23)39(35,36)32-24-9-7-19(2)21(4)16-24/h5-17,32-33H,1-4H3,(H,31,34). The summed E-state index contributed by atoms with van der Waals surface area (Å²) >= 11 is 6.20. The van der Waals surface area contributed by atoms with E-state index in [1.165, 1.54) is 42.5 Å². The number of rotatable bonds is 8. The molecule has 0 fully saturated rings. The third kappa shape index (κ3) is 6.64. The third-order valence-corrected chi connectivity index (χ3v) is 9.55. The number of carbonyl (C=O) groups excluding carboxylic acids is 1. The van der Waals surface area contributed by atoms with E-state index in [1.807, 2.05) is 32.9 Å². The Bertz CT molecular complexity index is 1820. The van der Waals surface area contributed by atoms with Crippen molar-refractivity contribution in [3.05, 3.63) is 112 Å². The molecular formula is C29H28ClN3O5S2. The van der Waals surface area contributed by atoms with Crippen molar-refractivity contribution in [1.82, 2.24) is 0 Å². The van der Waals surface area contributed by atoms with Gasteiger partial charge in [-0.05, 0) is 111 Å². The molecule has 4 aromatic rings. The molecule has 0 atom stereocenters. The van der Waals surface area contributed by atoms with Crippen molar-refractivity contribution in [2.45, 2.75) is 37.5 Å². The highest BCUT2D eigenvalue weighted by Crippen LogP contribution is 2.27. The van der Waals surface area contributed by atoms with Crippen LogP contribution in [0, 0.1) is 27.7 Å². The maximum atomic E-state index is 13.1. The SMILES string of the molecule is Cc1ccc(C)c(NS(=O)(=O)c2cc(C(=O)Nc3ccc(S(=O)(=O)Nc4ccc(C)c(C)c4)cc3)ccc2Cl)c1. The number of anilines is 3. The molecule has 0 aliphatic rings. The highest BCUT2D eigenvalue weighted by atomic mass is 35.5. The molecule has 0 bridgehead atoms. The molecule has 0 aliphatic heterocycles. The summed E-state index contributed by atoms with van der Waals surface area (Å²) in [5.74, 6) is -0.594. The number of hydrogen-bond donors (Lipinski definition) is 3. The van der Waals surface area contributed by atoms with E-state index in [4.69, 9.17) is 11.6 Å². The van der Waals surface area contributed by atoms with Crippen LogP contribution in [0.25, 0.3) is 0 Å². The number of aryl methyl sites for hydroxylation is 4. The predicted molar refractivity (Wildman–Crippen MR) is 159 cm³/mol. The lowest BCUT2D eigenvalue weighted by Gasteiger charge is -2.14. The van der Waals surface area contributed by atoms with E-state index < -0.39 is 26.0 Å². The maximum Gasteiger partial charge on any atom is 0.263 e. The van der Waals surface area contributed by atoms with Gasteiger partial charge in [-0.15, -0.1) is 0 Å². The van der Waals surface area contributed by atoms with Crippen molar-refractivity contribution in [3.63, 3.8) is 0 Å². The van der Waals surface area contributed by atoms with E-state index in [2.05, 4.69) is 14.8 Å². The lowest BCUT2D eigenvalue weighted by Crippen LogP contribution is -2.17. The molecular weight excluding hydrogens is 570 g/mol. The molecule has 3 N–H and O–H groups in total. The number of benzene rings is 4. The minimum absolute atomic E-state index is 0.0149. The van der Waals surface area contributed by atoms with Crippen LogP contribution in [0.5, 0.6) is 0 Å². The van der Waals surface area contributed by atoms with Gasteiger partial charge in [0, 0.05) is 16.9 Å². The number of carbonyl (C=O) groups is 1. The highest BCUT2D eigenvalue weighted by Gasteiger charge is 2.22. The average molecular weight is 598 g/mol. The fourth-order valence-corrected chi connectivity index (χ4v) is 6.53. The van der Waals surface area contributed by atoms with Gasteiger partial charge in [0.25, 0.3) is 26.0 Å². The van der Waals surface area contributed by atoms with Crippen LogP contribution in [-0.2, 0) is 20.0 Å². The van der Waals surface area contributed by atoms with Crippen molar-refractivity contribution in [3.8, 4) is 0 Å². The van der Waals surface area contributed by atoms with E-state index in [0.717, 1.165) is 22.3 Å². The van der Waals surface area contributed by atoms with Gasteiger partial charge in [-0.3, -0.25) is 14.2 Å². The largest absolute Gasteiger partial charge is 0.322 e. The molecule has 4 rings (SSSR count). The van der Waals surface area contributed by atoms with Crippen LogP contribution in [0.15, 0.2) is 88.7 Å². The molecule has 0 aliphatic carbocycles. The van der Waals surface area contributed by atoms with Gasteiger partial charge in [0.15, 0.2) is 0 Å². The van der Waals surface area contributed by atoms with Gasteiger partial charge in [-0.2, -0.15) is 0 Å². The van der Waals surface area contributed by atoms with Crippen LogP contribution in [0.1, 0.15) is 32.6 Å². The van der Waals surface area contributed by atoms with Crippen LogP contribution in [0.3, 0.4) is 0 Å². The van der Waals surface area contributed by atoms with E-state index in [1.54, 1.807) is 31.2 Å². The van der Waals surface area contributed by atoms with Crippen molar-refractivity contribution < 1.29 is 21.6 Å². The van der Waals surface area contributed by atoms with Gasteiger partial charge < -0.3 is 5.32 Å². The first-order chi connectivity index (χ1) is 18.7. The summed E-state index contributed by atoms with van der Waals surface area (Å²) in [6.07, 6.45) is 0. The van der Waals surface area contributed by atoms with Gasteiger partial charge in [0.2, 0.25) is 0 Å². The molecule has 0 saturated carbocycles. The Morgan fingerprint density at radius 2 is 1.30 bits per heavy atom. The summed E-state index contributed by atoms with van der Waals surface area (Å²) in [7, 11) is -7.95. The summed E-state index contributed by atoms with van der Waals surface area (Å²) in [5.41, 5.74) is 4.84. The van der Waals surface area contributed by atoms with Crippen molar-refractivity contribution in [1.29, 1.82) is 0 Å². The number of nitrogens with one attached hydrogen (secondary N) is 3. The Hall–Kier alpha value is -3.86. The first kappa shape index (κ1) is 29.1. The smallest absolute Gasteiger partial charge is 0.263 e. The van der Waals surface area contributed by atoms with Gasteiger partial charge in [-0.25, -0.2) is 16.8 Å². The quantitative estimate of drug-likeness (QED) is 0.216. The summed E-state index contributed by atoms with van der Waals surface area (Å²) in [6.45, 7) is 7.45. The molecule has 4 aromatic carbocycles. The molecule has 1 amide bonds. The third-order valence-electron chi connectivity index (χ3n) is 6.30. The fourth-order valence-electron chi connectivity index (χ4n) is 3.84. The molecule has 40 heavy (non-hydrogen) atoms. The summed E-state index contributed by atoms with van der Waals surface area (Å²) in [4.78, 5) is 12.7. The van der Waals surface area contributed by atoms with Gasteiger partial charge >= 0.3 is 0 Å².